The van der Waals surface area contributed by atoms with Crippen LogP contribution in [0.1, 0.15) is 49.5 Å². The van der Waals surface area contributed by atoms with E-state index >= 15 is 0 Å². The van der Waals surface area contributed by atoms with Gasteiger partial charge in [-0.15, -0.1) is 5.10 Å². The molecule has 0 N–H and O–H groups in total. The number of benzene rings is 2. The lowest BCUT2D eigenvalue weighted by molar-refractivity contribution is 0.172. The predicted molar refractivity (Wildman–Crippen MR) is 134 cm³/mol. The first kappa shape index (κ1) is 24.8. The number of methoxy groups -OCH3 is 2. The average Bonchev–Trinajstić information content (AvgIpc) is 3.53. The summed E-state index contributed by atoms with van der Waals surface area (Å²) in [4.78, 5) is 2.28. The minimum atomic E-state index is -0.329. The maximum atomic E-state index is 6.15. The maximum absolute atomic E-state index is 6.15. The fourth-order valence-electron chi connectivity index (χ4n) is 4.05. The van der Waals surface area contributed by atoms with Crippen LogP contribution in [0.3, 0.4) is 0 Å². The summed E-state index contributed by atoms with van der Waals surface area (Å²) >= 11 is 6.15. The molecule has 0 fully saturated rings. The first-order valence-electron chi connectivity index (χ1n) is 11.3. The molecule has 184 valence electrons. The lowest BCUT2D eigenvalue weighted by Gasteiger charge is -2.33. The molecule has 4 rings (SSSR count). The van der Waals surface area contributed by atoms with E-state index in [1.165, 1.54) is 0 Å². The first-order chi connectivity index (χ1) is 16.8. The summed E-state index contributed by atoms with van der Waals surface area (Å²) in [6.07, 6.45) is 1.68. The normalized spacial score (nSPS) is 12.7. The van der Waals surface area contributed by atoms with Crippen molar-refractivity contribution in [1.82, 2.24) is 25.1 Å². The zero-order valence-corrected chi connectivity index (χ0v) is 21.4. The number of aromatic nitrogens is 4. The molecule has 2 aromatic carbocycles. The van der Waals surface area contributed by atoms with Crippen LogP contribution in [-0.2, 0) is 18.6 Å². The number of ether oxygens (including phenoxy) is 2. The maximum Gasteiger partial charge on any atom is 0.173 e. The van der Waals surface area contributed by atoms with Crippen LogP contribution in [0.2, 0.25) is 5.02 Å². The number of hydrogen-bond acceptors (Lipinski definition) is 7. The second kappa shape index (κ2) is 10.5. The van der Waals surface area contributed by atoms with Crippen molar-refractivity contribution in [3.63, 3.8) is 0 Å². The summed E-state index contributed by atoms with van der Waals surface area (Å²) in [5.74, 6) is 2.83. The van der Waals surface area contributed by atoms with E-state index in [2.05, 4.69) is 41.2 Å². The van der Waals surface area contributed by atoms with Crippen molar-refractivity contribution in [2.75, 3.05) is 14.2 Å². The van der Waals surface area contributed by atoms with Gasteiger partial charge in [0.25, 0.3) is 0 Å². The number of halogens is 1. The SMILES string of the molecule is COc1ccc([C@H](c2nnnn2C(C)(C)C)N(Cc2ccc(Cl)cc2)Cc2ccco2)cc1OC. The quantitative estimate of drug-likeness (QED) is 0.304. The Morgan fingerprint density at radius 3 is 2.37 bits per heavy atom. The Morgan fingerprint density at radius 2 is 1.74 bits per heavy atom. The molecule has 2 heterocycles. The largest absolute Gasteiger partial charge is 0.493 e. The molecule has 2 aromatic heterocycles. The van der Waals surface area contributed by atoms with Gasteiger partial charge in [-0.1, -0.05) is 29.8 Å². The summed E-state index contributed by atoms with van der Waals surface area (Å²) in [6, 6.07) is 17.3. The van der Waals surface area contributed by atoms with E-state index in [0.29, 0.717) is 35.4 Å². The smallest absolute Gasteiger partial charge is 0.173 e. The molecule has 0 radical (unpaired) electrons. The summed E-state index contributed by atoms with van der Waals surface area (Å²) in [7, 11) is 3.25. The standard InChI is InChI=1S/C26H30ClN5O3/c1-26(2,3)32-25(28-29-30-32)24(19-10-13-22(33-4)23(15-19)34-5)31(17-21-7-6-14-35-21)16-18-8-11-20(27)12-9-18/h6-15,24H,16-17H2,1-5H3/t24-/m1/s1. The van der Waals surface area contributed by atoms with Crippen molar-refractivity contribution in [3.8, 4) is 11.5 Å². The number of tetrazole rings is 1. The highest BCUT2D eigenvalue weighted by atomic mass is 35.5. The van der Waals surface area contributed by atoms with E-state index < -0.39 is 0 Å². The van der Waals surface area contributed by atoms with Gasteiger partial charge in [0, 0.05) is 11.6 Å². The van der Waals surface area contributed by atoms with E-state index in [1.54, 1.807) is 20.5 Å². The zero-order valence-electron chi connectivity index (χ0n) is 20.6. The van der Waals surface area contributed by atoms with Gasteiger partial charge in [0.15, 0.2) is 17.3 Å². The van der Waals surface area contributed by atoms with Gasteiger partial charge >= 0.3 is 0 Å². The summed E-state index contributed by atoms with van der Waals surface area (Å²) in [6.45, 7) is 7.37. The lowest BCUT2D eigenvalue weighted by atomic mass is 10.0. The second-order valence-electron chi connectivity index (χ2n) is 9.25. The Balaban J connectivity index is 1.87. The van der Waals surface area contributed by atoms with Crippen LogP contribution in [0.15, 0.2) is 65.3 Å². The van der Waals surface area contributed by atoms with Crippen LogP contribution < -0.4 is 9.47 Å². The highest BCUT2D eigenvalue weighted by molar-refractivity contribution is 6.30. The van der Waals surface area contributed by atoms with Crippen LogP contribution in [0, 0.1) is 0 Å². The molecule has 35 heavy (non-hydrogen) atoms. The van der Waals surface area contributed by atoms with Crippen LogP contribution >= 0.6 is 11.6 Å². The summed E-state index contributed by atoms with van der Waals surface area (Å²) < 4.78 is 18.7. The fraction of sp³-hybridized carbons (Fsp3) is 0.346. The predicted octanol–water partition coefficient (Wildman–Crippen LogP) is 5.48. The number of hydrogen-bond donors (Lipinski definition) is 0. The van der Waals surface area contributed by atoms with Crippen molar-refractivity contribution >= 4 is 11.6 Å². The highest BCUT2D eigenvalue weighted by Gasteiger charge is 2.32. The third-order valence-corrected chi connectivity index (χ3v) is 5.95. The third kappa shape index (κ3) is 5.66. The van der Waals surface area contributed by atoms with Gasteiger partial charge in [0.05, 0.1) is 38.6 Å². The summed E-state index contributed by atoms with van der Waals surface area (Å²) in [5.41, 5.74) is 1.73. The van der Waals surface area contributed by atoms with Crippen molar-refractivity contribution < 1.29 is 13.9 Å². The Kier molecular flexibility index (Phi) is 7.42. The molecule has 0 spiro atoms. The van der Waals surface area contributed by atoms with Crippen LogP contribution in [0.25, 0.3) is 0 Å². The average molecular weight is 496 g/mol. The van der Waals surface area contributed by atoms with Gasteiger partial charge < -0.3 is 13.9 Å². The number of rotatable bonds is 9. The highest BCUT2D eigenvalue weighted by Crippen LogP contribution is 2.37. The minimum absolute atomic E-state index is 0.315. The topological polar surface area (TPSA) is 78.4 Å². The zero-order chi connectivity index (χ0) is 25.0. The molecule has 0 aliphatic carbocycles. The van der Waals surface area contributed by atoms with E-state index in [4.69, 9.17) is 25.5 Å². The minimum Gasteiger partial charge on any atom is -0.493 e. The molecule has 0 unspecified atom stereocenters. The van der Waals surface area contributed by atoms with Crippen LogP contribution in [-0.4, -0.2) is 39.3 Å². The molecule has 4 aromatic rings. The van der Waals surface area contributed by atoms with E-state index in [9.17, 15) is 0 Å². The number of furan rings is 1. The molecule has 1 atom stereocenters. The van der Waals surface area contributed by atoms with Crippen LogP contribution in [0.4, 0.5) is 0 Å². The van der Waals surface area contributed by atoms with E-state index in [-0.39, 0.29) is 11.6 Å². The van der Waals surface area contributed by atoms with Gasteiger partial charge in [-0.3, -0.25) is 4.90 Å². The Labute approximate surface area is 210 Å². The van der Waals surface area contributed by atoms with Gasteiger partial charge in [-0.05, 0) is 78.7 Å². The molecule has 0 amide bonds. The van der Waals surface area contributed by atoms with Crippen molar-refractivity contribution in [3.05, 3.63) is 88.6 Å². The first-order valence-corrected chi connectivity index (χ1v) is 11.7. The van der Waals surface area contributed by atoms with Gasteiger partial charge in [-0.25, -0.2) is 4.68 Å². The van der Waals surface area contributed by atoms with Gasteiger partial charge in [-0.2, -0.15) is 0 Å². The molecule has 9 heteroatoms. The molecule has 0 saturated heterocycles. The van der Waals surface area contributed by atoms with Crippen LogP contribution in [0.5, 0.6) is 11.5 Å². The summed E-state index contributed by atoms with van der Waals surface area (Å²) in [5, 5.41) is 13.6. The van der Waals surface area contributed by atoms with Crippen molar-refractivity contribution in [2.24, 2.45) is 0 Å². The molecular formula is C26H30ClN5O3. The Bertz CT molecular complexity index is 1230. The van der Waals surface area contributed by atoms with Crippen molar-refractivity contribution in [2.45, 2.75) is 45.4 Å². The Morgan fingerprint density at radius 1 is 1.00 bits per heavy atom. The van der Waals surface area contributed by atoms with Crippen molar-refractivity contribution in [1.29, 1.82) is 0 Å². The molecule has 8 nitrogen and oxygen atoms in total. The Hall–Kier alpha value is -3.36. The second-order valence-corrected chi connectivity index (χ2v) is 9.68. The van der Waals surface area contributed by atoms with E-state index in [0.717, 1.165) is 16.9 Å². The number of nitrogens with zero attached hydrogens (tertiary/aromatic N) is 5. The fourth-order valence-corrected chi connectivity index (χ4v) is 4.18. The molecule has 0 saturated carbocycles. The molecule has 0 bridgehead atoms. The molecule has 0 aliphatic rings. The van der Waals surface area contributed by atoms with E-state index in [1.807, 2.05) is 59.3 Å². The lowest BCUT2D eigenvalue weighted by Crippen LogP contribution is -2.34. The monoisotopic (exact) mass is 495 g/mol. The third-order valence-electron chi connectivity index (χ3n) is 5.70. The van der Waals surface area contributed by atoms with Gasteiger partial charge in [0.1, 0.15) is 5.76 Å². The molecular weight excluding hydrogens is 466 g/mol. The molecule has 0 aliphatic heterocycles. The van der Waals surface area contributed by atoms with Gasteiger partial charge in [0.2, 0.25) is 0 Å².